The number of nitrogens with one attached hydrogen (secondary N) is 1. The molecule has 0 atom stereocenters. The maximum absolute atomic E-state index is 11.4. The lowest BCUT2D eigenvalue weighted by Gasteiger charge is -2.09. The Hall–Kier alpha value is -2.58. The van der Waals surface area contributed by atoms with Gasteiger partial charge in [-0.15, -0.1) is 0 Å². The van der Waals surface area contributed by atoms with E-state index in [4.69, 9.17) is 9.88 Å². The van der Waals surface area contributed by atoms with E-state index < -0.39 is 10.0 Å². The van der Waals surface area contributed by atoms with Crippen LogP contribution in [0.1, 0.15) is 0 Å². The quantitative estimate of drug-likeness (QED) is 0.760. The number of benzene rings is 2. The molecule has 22 heavy (non-hydrogen) atoms. The SMILES string of the molecule is COc1ccc(Nn2cnc3cc(S(N)(=O)=O)ccc32)cc1. The zero-order valence-electron chi connectivity index (χ0n) is 11.7. The normalized spacial score (nSPS) is 11.5. The lowest BCUT2D eigenvalue weighted by Crippen LogP contribution is -2.12. The Balaban J connectivity index is 1.94. The van der Waals surface area contributed by atoms with Crippen LogP contribution in [0.2, 0.25) is 0 Å². The number of methoxy groups -OCH3 is 1. The summed E-state index contributed by atoms with van der Waals surface area (Å²) in [5, 5.41) is 5.12. The monoisotopic (exact) mass is 318 g/mol. The van der Waals surface area contributed by atoms with Crippen molar-refractivity contribution in [3.8, 4) is 5.75 Å². The number of hydrogen-bond acceptors (Lipinski definition) is 5. The zero-order chi connectivity index (χ0) is 15.7. The first-order valence-corrected chi connectivity index (χ1v) is 7.93. The molecule has 3 aromatic rings. The molecule has 0 aliphatic carbocycles. The van der Waals surface area contributed by atoms with Gasteiger partial charge in [-0.05, 0) is 42.5 Å². The number of ether oxygens (including phenoxy) is 1. The molecule has 0 saturated carbocycles. The molecule has 0 fully saturated rings. The van der Waals surface area contributed by atoms with Crippen LogP contribution in [0, 0.1) is 0 Å². The summed E-state index contributed by atoms with van der Waals surface area (Å²) >= 11 is 0. The van der Waals surface area contributed by atoms with Crippen LogP contribution in [-0.4, -0.2) is 25.2 Å². The second-order valence-electron chi connectivity index (χ2n) is 4.65. The highest BCUT2D eigenvalue weighted by Crippen LogP contribution is 2.19. The minimum atomic E-state index is -3.74. The van der Waals surface area contributed by atoms with E-state index >= 15 is 0 Å². The molecule has 0 spiro atoms. The topological polar surface area (TPSA) is 99.2 Å². The number of anilines is 1. The Morgan fingerprint density at radius 2 is 1.91 bits per heavy atom. The van der Waals surface area contributed by atoms with Crippen LogP contribution in [-0.2, 0) is 10.0 Å². The number of aromatic nitrogens is 2. The first-order valence-electron chi connectivity index (χ1n) is 6.38. The van der Waals surface area contributed by atoms with Gasteiger partial charge in [0.2, 0.25) is 10.0 Å². The van der Waals surface area contributed by atoms with Crippen molar-refractivity contribution in [2.75, 3.05) is 12.5 Å². The number of rotatable bonds is 4. The summed E-state index contributed by atoms with van der Waals surface area (Å²) in [5.41, 5.74) is 5.27. The number of imidazole rings is 1. The molecular weight excluding hydrogens is 304 g/mol. The molecule has 0 saturated heterocycles. The summed E-state index contributed by atoms with van der Waals surface area (Å²) in [6.07, 6.45) is 1.57. The van der Waals surface area contributed by atoms with Crippen molar-refractivity contribution in [2.45, 2.75) is 4.90 Å². The molecule has 0 aliphatic rings. The lowest BCUT2D eigenvalue weighted by molar-refractivity contribution is 0.415. The van der Waals surface area contributed by atoms with Crippen molar-refractivity contribution in [3.63, 3.8) is 0 Å². The fourth-order valence-electron chi connectivity index (χ4n) is 2.06. The third kappa shape index (κ3) is 2.74. The van der Waals surface area contributed by atoms with Crippen molar-refractivity contribution in [2.24, 2.45) is 5.14 Å². The zero-order valence-corrected chi connectivity index (χ0v) is 12.5. The molecule has 0 radical (unpaired) electrons. The average Bonchev–Trinajstić information content (AvgIpc) is 2.89. The molecule has 0 amide bonds. The van der Waals surface area contributed by atoms with Crippen LogP contribution in [0.15, 0.2) is 53.7 Å². The summed E-state index contributed by atoms with van der Waals surface area (Å²) in [7, 11) is -2.13. The van der Waals surface area contributed by atoms with Gasteiger partial charge in [-0.25, -0.2) is 23.2 Å². The third-order valence-electron chi connectivity index (χ3n) is 3.19. The Morgan fingerprint density at radius 1 is 1.18 bits per heavy atom. The lowest BCUT2D eigenvalue weighted by atomic mass is 10.3. The number of nitrogens with zero attached hydrogens (tertiary/aromatic N) is 2. The van der Waals surface area contributed by atoms with Gasteiger partial charge < -0.3 is 4.74 Å². The molecule has 3 rings (SSSR count). The Kier molecular flexibility index (Phi) is 3.47. The van der Waals surface area contributed by atoms with E-state index in [0.29, 0.717) is 5.52 Å². The molecule has 0 bridgehead atoms. The number of primary sulfonamides is 1. The van der Waals surface area contributed by atoms with Gasteiger partial charge in [0.25, 0.3) is 0 Å². The van der Waals surface area contributed by atoms with Crippen LogP contribution < -0.4 is 15.3 Å². The van der Waals surface area contributed by atoms with Crippen molar-refractivity contribution >= 4 is 26.7 Å². The standard InChI is InChI=1S/C14H14N4O3S/c1-21-11-4-2-10(3-5-11)17-18-9-16-13-8-12(22(15,19)20)6-7-14(13)18/h2-9,17H,1H3,(H2,15,19,20). The van der Waals surface area contributed by atoms with Crippen molar-refractivity contribution in [3.05, 3.63) is 48.8 Å². The predicted octanol–water partition coefficient (Wildman–Crippen LogP) is 1.57. The number of hydrogen-bond donors (Lipinski definition) is 2. The van der Waals surface area contributed by atoms with Gasteiger partial charge in [0, 0.05) is 0 Å². The summed E-state index contributed by atoms with van der Waals surface area (Å²) in [5.74, 6) is 0.763. The smallest absolute Gasteiger partial charge is 0.238 e. The molecule has 3 N–H and O–H groups in total. The first-order chi connectivity index (χ1) is 10.5. The minimum Gasteiger partial charge on any atom is -0.497 e. The Bertz CT molecular complexity index is 917. The molecule has 0 unspecified atom stereocenters. The van der Waals surface area contributed by atoms with Gasteiger partial charge in [-0.2, -0.15) is 0 Å². The van der Waals surface area contributed by atoms with Crippen molar-refractivity contribution < 1.29 is 13.2 Å². The summed E-state index contributed by atoms with van der Waals surface area (Å²) in [6.45, 7) is 0. The molecule has 114 valence electrons. The van der Waals surface area contributed by atoms with Gasteiger partial charge >= 0.3 is 0 Å². The molecule has 2 aromatic carbocycles. The maximum atomic E-state index is 11.4. The van der Waals surface area contributed by atoms with E-state index in [-0.39, 0.29) is 4.90 Å². The second-order valence-corrected chi connectivity index (χ2v) is 6.21. The van der Waals surface area contributed by atoms with Crippen LogP contribution in [0.5, 0.6) is 5.75 Å². The highest BCUT2D eigenvalue weighted by atomic mass is 32.2. The van der Waals surface area contributed by atoms with Crippen LogP contribution in [0.3, 0.4) is 0 Å². The van der Waals surface area contributed by atoms with Gasteiger partial charge in [0.05, 0.1) is 28.7 Å². The Morgan fingerprint density at radius 3 is 2.55 bits per heavy atom. The van der Waals surface area contributed by atoms with E-state index in [1.54, 1.807) is 24.2 Å². The van der Waals surface area contributed by atoms with Crippen LogP contribution >= 0.6 is 0 Å². The maximum Gasteiger partial charge on any atom is 0.238 e. The number of fused-ring (bicyclic) bond motifs is 1. The summed E-state index contributed by atoms with van der Waals surface area (Å²) < 4.78 is 29.5. The van der Waals surface area contributed by atoms with Crippen molar-refractivity contribution in [1.29, 1.82) is 0 Å². The number of nitrogens with two attached hydrogens (primary N) is 1. The highest BCUT2D eigenvalue weighted by molar-refractivity contribution is 7.89. The van der Waals surface area contributed by atoms with E-state index in [0.717, 1.165) is 17.0 Å². The molecule has 0 aliphatic heterocycles. The summed E-state index contributed by atoms with van der Waals surface area (Å²) in [6, 6.07) is 11.9. The van der Waals surface area contributed by atoms with Crippen LogP contribution in [0.4, 0.5) is 5.69 Å². The largest absolute Gasteiger partial charge is 0.497 e. The first kappa shape index (κ1) is 14.4. The molecule has 8 heteroatoms. The fraction of sp³-hybridized carbons (Fsp3) is 0.0714. The predicted molar refractivity (Wildman–Crippen MR) is 83.1 cm³/mol. The van der Waals surface area contributed by atoms with Gasteiger partial charge in [-0.1, -0.05) is 0 Å². The number of sulfonamides is 1. The van der Waals surface area contributed by atoms with E-state index in [9.17, 15) is 8.42 Å². The summed E-state index contributed by atoms with van der Waals surface area (Å²) in [4.78, 5) is 4.22. The third-order valence-corrected chi connectivity index (χ3v) is 4.10. The van der Waals surface area contributed by atoms with Gasteiger partial charge in [0.15, 0.2) is 0 Å². The van der Waals surface area contributed by atoms with E-state index in [1.165, 1.54) is 12.1 Å². The molecule has 1 aromatic heterocycles. The minimum absolute atomic E-state index is 0.0368. The van der Waals surface area contributed by atoms with Gasteiger partial charge in [0.1, 0.15) is 12.1 Å². The average molecular weight is 318 g/mol. The van der Waals surface area contributed by atoms with E-state index in [2.05, 4.69) is 10.4 Å². The van der Waals surface area contributed by atoms with Crippen LogP contribution in [0.25, 0.3) is 11.0 Å². The highest BCUT2D eigenvalue weighted by Gasteiger charge is 2.11. The van der Waals surface area contributed by atoms with E-state index in [1.807, 2.05) is 24.3 Å². The second kappa shape index (κ2) is 5.32. The molecular formula is C14H14N4O3S. The van der Waals surface area contributed by atoms with Crippen molar-refractivity contribution in [1.82, 2.24) is 9.66 Å². The fourth-order valence-corrected chi connectivity index (χ4v) is 2.60. The molecule has 7 nitrogen and oxygen atoms in total. The van der Waals surface area contributed by atoms with Gasteiger partial charge in [-0.3, -0.25) is 5.43 Å². The Labute approximate surface area is 127 Å². The molecule has 1 heterocycles.